The molecule has 0 heterocycles. The second-order valence-corrected chi connectivity index (χ2v) is 5.66. The fraction of sp³-hybridized carbons (Fsp3) is 0.250. The first-order valence-electron chi connectivity index (χ1n) is 8.15. The van der Waals surface area contributed by atoms with Gasteiger partial charge in [0.2, 0.25) is 0 Å². The van der Waals surface area contributed by atoms with Crippen LogP contribution in [0.25, 0.3) is 0 Å². The summed E-state index contributed by atoms with van der Waals surface area (Å²) in [6.07, 6.45) is 0. The molecule has 0 radical (unpaired) electrons. The van der Waals surface area contributed by atoms with E-state index in [-0.39, 0.29) is 19.0 Å². The summed E-state index contributed by atoms with van der Waals surface area (Å²) < 4.78 is 9.89. The Kier molecular flexibility index (Phi) is 7.05. The van der Waals surface area contributed by atoms with Crippen molar-refractivity contribution >= 4 is 17.7 Å². The summed E-state index contributed by atoms with van der Waals surface area (Å²) in [6, 6.07) is 15.8. The number of ketones is 1. The Morgan fingerprint density at radius 1 is 0.962 bits per heavy atom. The van der Waals surface area contributed by atoms with Crippen LogP contribution in [-0.4, -0.2) is 42.6 Å². The summed E-state index contributed by atoms with van der Waals surface area (Å²) in [4.78, 5) is 34.9. The van der Waals surface area contributed by atoms with Crippen molar-refractivity contribution < 1.29 is 29.0 Å². The minimum Gasteiger partial charge on any atom is -0.480 e. The first-order valence-corrected chi connectivity index (χ1v) is 8.15. The van der Waals surface area contributed by atoms with E-state index >= 15 is 0 Å². The lowest BCUT2D eigenvalue weighted by atomic mass is 9.96. The third-order valence-electron chi connectivity index (χ3n) is 3.74. The Morgan fingerprint density at radius 3 is 2.35 bits per heavy atom. The molecule has 1 atom stereocenters. The largest absolute Gasteiger partial charge is 0.480 e. The lowest BCUT2D eigenvalue weighted by molar-refractivity contribution is -0.148. The Labute approximate surface area is 151 Å². The zero-order valence-corrected chi connectivity index (χ0v) is 14.4. The molecule has 2 aromatic carbocycles. The molecule has 6 nitrogen and oxygen atoms in total. The van der Waals surface area contributed by atoms with E-state index in [1.54, 1.807) is 55.5 Å². The lowest BCUT2D eigenvalue weighted by Crippen LogP contribution is -2.18. The zero-order chi connectivity index (χ0) is 18.9. The molecule has 0 amide bonds. The third-order valence-corrected chi connectivity index (χ3v) is 3.74. The summed E-state index contributed by atoms with van der Waals surface area (Å²) >= 11 is 0. The van der Waals surface area contributed by atoms with Gasteiger partial charge in [-0.05, 0) is 18.6 Å². The van der Waals surface area contributed by atoms with Gasteiger partial charge >= 0.3 is 11.9 Å². The van der Waals surface area contributed by atoms with Crippen LogP contribution in [0, 0.1) is 0 Å². The van der Waals surface area contributed by atoms with Gasteiger partial charge in [-0.1, -0.05) is 48.5 Å². The Bertz CT molecular complexity index is 769. The molecule has 2 rings (SSSR count). The molecule has 0 saturated heterocycles. The van der Waals surface area contributed by atoms with Gasteiger partial charge in [-0.2, -0.15) is 0 Å². The van der Waals surface area contributed by atoms with Crippen LogP contribution in [0.15, 0.2) is 54.6 Å². The molecular formula is C20H20O6. The second-order valence-electron chi connectivity index (χ2n) is 5.66. The van der Waals surface area contributed by atoms with Gasteiger partial charge in [0.15, 0.2) is 5.78 Å². The highest BCUT2D eigenvalue weighted by Crippen LogP contribution is 2.20. The SMILES string of the molecule is C[C@@H](C(=O)OCCOCC(=O)O)c1cccc(C(=O)c2ccccc2)c1. The highest BCUT2D eigenvalue weighted by molar-refractivity contribution is 6.09. The normalized spacial score (nSPS) is 11.6. The standard InChI is InChI=1S/C20H20O6/c1-14(20(24)26-11-10-25-13-18(21)22)16-8-5-9-17(12-16)19(23)15-6-3-2-4-7-15/h2-9,12,14H,10-11,13H2,1H3,(H,21,22)/t14-/m1/s1. The number of carboxylic acid groups (broad SMARTS) is 1. The first-order chi connectivity index (χ1) is 12.5. The van der Waals surface area contributed by atoms with Gasteiger partial charge in [0.1, 0.15) is 13.2 Å². The third kappa shape index (κ3) is 5.53. The monoisotopic (exact) mass is 356 g/mol. The molecule has 0 aromatic heterocycles. The first kappa shape index (κ1) is 19.3. The van der Waals surface area contributed by atoms with Crippen LogP contribution in [0.1, 0.15) is 34.3 Å². The molecule has 2 aromatic rings. The average Bonchev–Trinajstić information content (AvgIpc) is 2.67. The second kappa shape index (κ2) is 9.48. The summed E-state index contributed by atoms with van der Waals surface area (Å²) in [5.74, 6) is -2.22. The minimum absolute atomic E-state index is 0.0112. The smallest absolute Gasteiger partial charge is 0.329 e. The average molecular weight is 356 g/mol. The van der Waals surface area contributed by atoms with Gasteiger partial charge in [-0.3, -0.25) is 9.59 Å². The number of hydrogen-bond acceptors (Lipinski definition) is 5. The molecule has 0 fully saturated rings. The van der Waals surface area contributed by atoms with Gasteiger partial charge in [0.25, 0.3) is 0 Å². The summed E-state index contributed by atoms with van der Waals surface area (Å²) in [7, 11) is 0. The van der Waals surface area contributed by atoms with Crippen molar-refractivity contribution in [1.82, 2.24) is 0 Å². The minimum atomic E-state index is -1.08. The van der Waals surface area contributed by atoms with Crippen molar-refractivity contribution in [2.24, 2.45) is 0 Å². The topological polar surface area (TPSA) is 89.9 Å². The van der Waals surface area contributed by atoms with Crippen LogP contribution in [-0.2, 0) is 19.1 Å². The van der Waals surface area contributed by atoms with Crippen molar-refractivity contribution in [2.75, 3.05) is 19.8 Å². The number of ether oxygens (including phenoxy) is 2. The summed E-state index contributed by atoms with van der Waals surface area (Å²) in [5.41, 5.74) is 1.75. The van der Waals surface area contributed by atoms with Crippen LogP contribution in [0.2, 0.25) is 0 Å². The van der Waals surface area contributed by atoms with E-state index in [1.165, 1.54) is 0 Å². The fourth-order valence-corrected chi connectivity index (χ4v) is 2.33. The number of carbonyl (C=O) groups is 3. The Hall–Kier alpha value is -2.99. The van der Waals surface area contributed by atoms with E-state index < -0.39 is 24.5 Å². The van der Waals surface area contributed by atoms with E-state index in [9.17, 15) is 14.4 Å². The van der Waals surface area contributed by atoms with E-state index in [0.29, 0.717) is 16.7 Å². The summed E-state index contributed by atoms with van der Waals surface area (Å²) in [6.45, 7) is 1.24. The maximum absolute atomic E-state index is 12.5. The van der Waals surface area contributed by atoms with Crippen molar-refractivity contribution in [2.45, 2.75) is 12.8 Å². The number of esters is 1. The fourth-order valence-electron chi connectivity index (χ4n) is 2.33. The molecule has 136 valence electrons. The van der Waals surface area contributed by atoms with E-state index in [4.69, 9.17) is 14.6 Å². The molecule has 0 saturated carbocycles. The molecule has 0 bridgehead atoms. The molecule has 1 N–H and O–H groups in total. The molecule has 0 aliphatic rings. The Morgan fingerprint density at radius 2 is 1.65 bits per heavy atom. The van der Waals surface area contributed by atoms with Gasteiger partial charge in [-0.25, -0.2) is 4.79 Å². The van der Waals surface area contributed by atoms with E-state index in [2.05, 4.69) is 0 Å². The van der Waals surface area contributed by atoms with E-state index in [1.807, 2.05) is 6.07 Å². The molecule has 0 aliphatic heterocycles. The number of carboxylic acids is 1. The molecule has 0 aliphatic carbocycles. The highest BCUT2D eigenvalue weighted by Gasteiger charge is 2.18. The predicted octanol–water partition coefficient (Wildman–Crippen LogP) is 2.67. The number of benzene rings is 2. The van der Waals surface area contributed by atoms with Crippen molar-refractivity contribution in [3.8, 4) is 0 Å². The van der Waals surface area contributed by atoms with Crippen LogP contribution in [0.5, 0.6) is 0 Å². The lowest BCUT2D eigenvalue weighted by Gasteiger charge is -2.13. The Balaban J connectivity index is 1.97. The number of carbonyl (C=O) groups excluding carboxylic acids is 2. The van der Waals surface area contributed by atoms with E-state index in [0.717, 1.165) is 0 Å². The molecular weight excluding hydrogens is 336 g/mol. The maximum atomic E-state index is 12.5. The van der Waals surface area contributed by atoms with Crippen LogP contribution in [0.4, 0.5) is 0 Å². The van der Waals surface area contributed by atoms with Crippen molar-refractivity contribution in [1.29, 1.82) is 0 Å². The van der Waals surface area contributed by atoms with Crippen molar-refractivity contribution in [3.63, 3.8) is 0 Å². The van der Waals surface area contributed by atoms with Gasteiger partial charge in [0, 0.05) is 11.1 Å². The zero-order valence-electron chi connectivity index (χ0n) is 14.4. The predicted molar refractivity (Wildman–Crippen MR) is 94.1 cm³/mol. The van der Waals surface area contributed by atoms with Gasteiger partial charge < -0.3 is 14.6 Å². The van der Waals surface area contributed by atoms with Gasteiger partial charge in [0.05, 0.1) is 12.5 Å². The number of hydrogen-bond donors (Lipinski definition) is 1. The molecule has 26 heavy (non-hydrogen) atoms. The molecule has 0 unspecified atom stereocenters. The quantitative estimate of drug-likeness (QED) is 0.422. The van der Waals surface area contributed by atoms with Crippen LogP contribution < -0.4 is 0 Å². The number of aliphatic carboxylic acids is 1. The van der Waals surface area contributed by atoms with Gasteiger partial charge in [-0.15, -0.1) is 0 Å². The molecule has 0 spiro atoms. The molecule has 6 heteroatoms. The van der Waals surface area contributed by atoms with Crippen molar-refractivity contribution in [3.05, 3.63) is 71.3 Å². The number of rotatable bonds is 9. The van der Waals surface area contributed by atoms with Crippen LogP contribution in [0.3, 0.4) is 0 Å². The van der Waals surface area contributed by atoms with Crippen LogP contribution >= 0.6 is 0 Å². The highest BCUT2D eigenvalue weighted by atomic mass is 16.6. The maximum Gasteiger partial charge on any atom is 0.329 e. The summed E-state index contributed by atoms with van der Waals surface area (Å²) in [5, 5.41) is 8.45.